The minimum atomic E-state index is -0.749. The first-order valence-electron chi connectivity index (χ1n) is 9.49. The second-order valence-electron chi connectivity index (χ2n) is 7.16. The Morgan fingerprint density at radius 1 is 1.11 bits per heavy atom. The molecule has 0 bridgehead atoms. The van der Waals surface area contributed by atoms with Gasteiger partial charge in [-0.3, -0.25) is 14.5 Å². The SMILES string of the molecule is Cc1ccc(OCCOC(=O)CCN2C(=O)NC3(CCCCC3)C2=O)cc1. The molecule has 1 aliphatic heterocycles. The summed E-state index contributed by atoms with van der Waals surface area (Å²) in [6, 6.07) is 7.19. The number of nitrogens with one attached hydrogen (secondary N) is 1. The lowest BCUT2D eigenvalue weighted by Gasteiger charge is -2.30. The molecular weight excluding hydrogens is 348 g/mol. The predicted octanol–water partition coefficient (Wildman–Crippen LogP) is 2.56. The third kappa shape index (κ3) is 4.59. The number of hydrogen-bond donors (Lipinski definition) is 1. The van der Waals surface area contributed by atoms with Gasteiger partial charge in [-0.1, -0.05) is 37.0 Å². The van der Waals surface area contributed by atoms with Gasteiger partial charge in [0.15, 0.2) is 0 Å². The average molecular weight is 374 g/mol. The molecule has 1 aliphatic carbocycles. The molecule has 2 aliphatic rings. The Morgan fingerprint density at radius 3 is 2.52 bits per heavy atom. The number of imide groups is 1. The first-order valence-corrected chi connectivity index (χ1v) is 9.49. The van der Waals surface area contributed by atoms with Crippen molar-refractivity contribution in [2.75, 3.05) is 19.8 Å². The smallest absolute Gasteiger partial charge is 0.325 e. The molecular formula is C20H26N2O5. The molecule has 0 aromatic heterocycles. The van der Waals surface area contributed by atoms with Crippen LogP contribution >= 0.6 is 0 Å². The number of urea groups is 1. The van der Waals surface area contributed by atoms with E-state index >= 15 is 0 Å². The Morgan fingerprint density at radius 2 is 1.81 bits per heavy atom. The van der Waals surface area contributed by atoms with Crippen molar-refractivity contribution in [3.63, 3.8) is 0 Å². The third-order valence-corrected chi connectivity index (χ3v) is 5.13. The quantitative estimate of drug-likeness (QED) is 0.450. The first-order chi connectivity index (χ1) is 13.0. The molecule has 7 nitrogen and oxygen atoms in total. The van der Waals surface area contributed by atoms with Crippen molar-refractivity contribution in [3.8, 4) is 5.75 Å². The van der Waals surface area contributed by atoms with E-state index in [9.17, 15) is 14.4 Å². The lowest BCUT2D eigenvalue weighted by Crippen LogP contribution is -2.48. The zero-order valence-electron chi connectivity index (χ0n) is 15.7. The Kier molecular flexibility index (Phi) is 5.98. The fourth-order valence-corrected chi connectivity index (χ4v) is 3.60. The Bertz CT molecular complexity index is 695. The molecule has 1 spiro atoms. The van der Waals surface area contributed by atoms with E-state index in [-0.39, 0.29) is 32.1 Å². The van der Waals surface area contributed by atoms with E-state index in [2.05, 4.69) is 5.32 Å². The number of hydrogen-bond acceptors (Lipinski definition) is 5. The molecule has 1 heterocycles. The zero-order chi connectivity index (χ0) is 19.3. The summed E-state index contributed by atoms with van der Waals surface area (Å²) in [6.45, 7) is 2.41. The molecule has 1 N–H and O–H groups in total. The maximum absolute atomic E-state index is 12.6. The van der Waals surface area contributed by atoms with E-state index in [1.807, 2.05) is 31.2 Å². The van der Waals surface area contributed by atoms with E-state index in [1.54, 1.807) is 0 Å². The van der Waals surface area contributed by atoms with E-state index in [1.165, 1.54) is 0 Å². The van der Waals surface area contributed by atoms with Gasteiger partial charge in [-0.25, -0.2) is 4.79 Å². The minimum absolute atomic E-state index is 0.0141. The van der Waals surface area contributed by atoms with E-state index in [4.69, 9.17) is 9.47 Å². The maximum atomic E-state index is 12.6. The van der Waals surface area contributed by atoms with Crippen LogP contribution in [0, 0.1) is 6.92 Å². The molecule has 3 amide bonds. The third-order valence-electron chi connectivity index (χ3n) is 5.13. The fourth-order valence-electron chi connectivity index (χ4n) is 3.60. The van der Waals surface area contributed by atoms with Crippen LogP contribution in [0.5, 0.6) is 5.75 Å². The summed E-state index contributed by atoms with van der Waals surface area (Å²) < 4.78 is 10.6. The van der Waals surface area contributed by atoms with Crippen LogP contribution in [0.15, 0.2) is 24.3 Å². The summed E-state index contributed by atoms with van der Waals surface area (Å²) in [5.41, 5.74) is 0.394. The molecule has 3 rings (SSSR count). The fraction of sp³-hybridized carbons (Fsp3) is 0.550. The molecule has 146 valence electrons. The maximum Gasteiger partial charge on any atom is 0.325 e. The number of esters is 1. The normalized spacial score (nSPS) is 18.5. The van der Waals surface area contributed by atoms with Gasteiger partial charge in [-0.05, 0) is 31.9 Å². The molecule has 2 fully saturated rings. The molecule has 1 aromatic carbocycles. The topological polar surface area (TPSA) is 84.9 Å². The van der Waals surface area contributed by atoms with E-state index < -0.39 is 17.5 Å². The van der Waals surface area contributed by atoms with Crippen molar-refractivity contribution in [3.05, 3.63) is 29.8 Å². The largest absolute Gasteiger partial charge is 0.490 e. The van der Waals surface area contributed by atoms with Gasteiger partial charge < -0.3 is 14.8 Å². The van der Waals surface area contributed by atoms with Crippen molar-refractivity contribution >= 4 is 17.9 Å². The predicted molar refractivity (Wildman–Crippen MR) is 98.3 cm³/mol. The molecule has 0 radical (unpaired) electrons. The minimum Gasteiger partial charge on any atom is -0.490 e. The summed E-state index contributed by atoms with van der Waals surface area (Å²) in [4.78, 5) is 37.8. The van der Waals surface area contributed by atoms with Gasteiger partial charge >= 0.3 is 12.0 Å². The molecule has 1 aromatic rings. The van der Waals surface area contributed by atoms with Crippen molar-refractivity contribution < 1.29 is 23.9 Å². The van der Waals surface area contributed by atoms with Crippen LogP contribution in [0.2, 0.25) is 0 Å². The van der Waals surface area contributed by atoms with Gasteiger partial charge in [0.05, 0.1) is 6.42 Å². The van der Waals surface area contributed by atoms with Crippen LogP contribution in [-0.2, 0) is 14.3 Å². The van der Waals surface area contributed by atoms with Gasteiger partial charge in [0.2, 0.25) is 0 Å². The Balaban J connectivity index is 1.38. The zero-order valence-corrected chi connectivity index (χ0v) is 15.7. The monoisotopic (exact) mass is 374 g/mol. The van der Waals surface area contributed by atoms with Crippen LogP contribution in [0.3, 0.4) is 0 Å². The first kappa shape index (κ1) is 19.2. The number of carbonyl (C=O) groups excluding carboxylic acids is 3. The number of aryl methyl sites for hydroxylation is 1. The molecule has 27 heavy (non-hydrogen) atoms. The summed E-state index contributed by atoms with van der Waals surface area (Å²) >= 11 is 0. The standard InChI is InChI=1S/C20H26N2O5/c1-15-5-7-16(8-6-15)26-13-14-27-17(23)9-12-22-18(24)20(21-19(22)25)10-3-2-4-11-20/h5-8H,2-4,9-14H2,1H3,(H,21,25). The van der Waals surface area contributed by atoms with Crippen LogP contribution in [0.25, 0.3) is 0 Å². The number of nitrogens with zero attached hydrogens (tertiary/aromatic N) is 1. The van der Waals surface area contributed by atoms with Gasteiger partial charge in [-0.15, -0.1) is 0 Å². The molecule has 0 unspecified atom stereocenters. The van der Waals surface area contributed by atoms with Crippen molar-refractivity contribution in [1.82, 2.24) is 10.2 Å². The lowest BCUT2D eigenvalue weighted by atomic mass is 9.82. The van der Waals surface area contributed by atoms with Crippen LogP contribution in [-0.4, -0.2) is 48.1 Å². The number of ether oxygens (including phenoxy) is 2. The average Bonchev–Trinajstić information content (AvgIpc) is 2.88. The summed E-state index contributed by atoms with van der Waals surface area (Å²) in [5, 5.41) is 2.83. The number of carbonyl (C=O) groups is 3. The highest BCUT2D eigenvalue weighted by Gasteiger charge is 2.51. The van der Waals surface area contributed by atoms with Gasteiger partial charge in [0.1, 0.15) is 24.5 Å². The van der Waals surface area contributed by atoms with Crippen LogP contribution < -0.4 is 10.1 Å². The number of amides is 3. The number of benzene rings is 1. The van der Waals surface area contributed by atoms with E-state index in [0.717, 1.165) is 29.7 Å². The number of rotatable bonds is 7. The van der Waals surface area contributed by atoms with Crippen molar-refractivity contribution in [2.45, 2.75) is 51.0 Å². The highest BCUT2D eigenvalue weighted by Crippen LogP contribution is 2.33. The van der Waals surface area contributed by atoms with Crippen molar-refractivity contribution in [2.24, 2.45) is 0 Å². The van der Waals surface area contributed by atoms with Gasteiger partial charge in [-0.2, -0.15) is 0 Å². The van der Waals surface area contributed by atoms with E-state index in [0.29, 0.717) is 18.6 Å². The second-order valence-corrected chi connectivity index (χ2v) is 7.16. The van der Waals surface area contributed by atoms with Gasteiger partial charge in [0, 0.05) is 6.54 Å². The summed E-state index contributed by atoms with van der Waals surface area (Å²) in [7, 11) is 0. The van der Waals surface area contributed by atoms with Crippen molar-refractivity contribution in [1.29, 1.82) is 0 Å². The molecule has 1 saturated carbocycles. The van der Waals surface area contributed by atoms with Crippen LogP contribution in [0.4, 0.5) is 4.79 Å². The molecule has 7 heteroatoms. The highest BCUT2D eigenvalue weighted by atomic mass is 16.6. The molecule has 1 saturated heterocycles. The highest BCUT2D eigenvalue weighted by molar-refractivity contribution is 6.07. The summed E-state index contributed by atoms with van der Waals surface area (Å²) in [5.74, 6) is 0.0594. The van der Waals surface area contributed by atoms with Crippen LogP contribution in [0.1, 0.15) is 44.1 Å². The second kappa shape index (κ2) is 8.41. The molecule has 0 atom stereocenters. The summed E-state index contributed by atoms with van der Waals surface area (Å²) in [6.07, 6.45) is 4.29. The lowest BCUT2D eigenvalue weighted by molar-refractivity contribution is -0.145. The Labute approximate surface area is 159 Å². The van der Waals surface area contributed by atoms with Gasteiger partial charge in [0.25, 0.3) is 5.91 Å². The Hall–Kier alpha value is -2.57.